The maximum absolute atomic E-state index is 11.9. The maximum atomic E-state index is 11.9. The Morgan fingerprint density at radius 3 is 2.30 bits per heavy atom. The minimum atomic E-state index is -0.110. The van der Waals surface area contributed by atoms with Crippen molar-refractivity contribution in [3.63, 3.8) is 0 Å². The normalized spacial score (nSPS) is 16.8. The van der Waals surface area contributed by atoms with E-state index >= 15 is 0 Å². The molecule has 1 aromatic rings. The average molecular weight is 371 g/mol. The number of carbonyl (C=O) groups is 1. The average Bonchev–Trinajstić information content (AvgIpc) is 2.70. The van der Waals surface area contributed by atoms with Gasteiger partial charge in [-0.2, -0.15) is 0 Å². The lowest BCUT2D eigenvalue weighted by molar-refractivity contribution is -0.134. The summed E-state index contributed by atoms with van der Waals surface area (Å²) in [6.45, 7) is 4.45. The molecule has 0 bridgehead atoms. The van der Waals surface area contributed by atoms with E-state index in [2.05, 4.69) is 32.1 Å². The minimum absolute atomic E-state index is 0.110. The monoisotopic (exact) mass is 370 g/mol. The van der Waals surface area contributed by atoms with Crippen LogP contribution in [0.2, 0.25) is 0 Å². The molecule has 1 aromatic carbocycles. The lowest BCUT2D eigenvalue weighted by Crippen LogP contribution is -2.08. The Morgan fingerprint density at radius 2 is 1.67 bits per heavy atom. The Balaban J connectivity index is 1.75. The lowest BCUT2D eigenvalue weighted by atomic mass is 9.84. The molecular weight excluding hydrogens is 332 g/mol. The summed E-state index contributed by atoms with van der Waals surface area (Å²) in [5.41, 5.74) is 2.74. The topological polar surface area (TPSA) is 26.3 Å². The fourth-order valence-corrected chi connectivity index (χ4v) is 3.89. The number of rotatable bonds is 12. The van der Waals surface area contributed by atoms with Gasteiger partial charge in [0, 0.05) is 6.42 Å². The maximum Gasteiger partial charge on any atom is 0.311 e. The van der Waals surface area contributed by atoms with Crippen LogP contribution in [0.1, 0.15) is 103 Å². The first-order valence-corrected chi connectivity index (χ1v) is 11.2. The van der Waals surface area contributed by atoms with E-state index in [1.54, 1.807) is 0 Å². The van der Waals surface area contributed by atoms with Crippen molar-refractivity contribution in [2.75, 3.05) is 0 Å². The van der Waals surface area contributed by atoms with Crippen LogP contribution in [0, 0.1) is 5.92 Å². The van der Waals surface area contributed by atoms with Gasteiger partial charge >= 0.3 is 5.97 Å². The number of esters is 1. The number of allylic oxidation sites excluding steroid dienone is 2. The first kappa shape index (κ1) is 21.7. The van der Waals surface area contributed by atoms with E-state index in [-0.39, 0.29) is 5.97 Å². The van der Waals surface area contributed by atoms with Crippen molar-refractivity contribution in [1.29, 1.82) is 0 Å². The van der Waals surface area contributed by atoms with Crippen LogP contribution in [-0.2, 0) is 4.79 Å². The highest BCUT2D eigenvalue weighted by Gasteiger charge is 2.15. The Hall–Kier alpha value is -1.57. The summed E-state index contributed by atoms with van der Waals surface area (Å²) in [5.74, 6) is 1.43. The summed E-state index contributed by atoms with van der Waals surface area (Å²) in [6.07, 6.45) is 17.9. The third-order valence-corrected chi connectivity index (χ3v) is 5.68. The van der Waals surface area contributed by atoms with Crippen molar-refractivity contribution < 1.29 is 9.53 Å². The van der Waals surface area contributed by atoms with Crippen LogP contribution in [0.15, 0.2) is 30.3 Å². The molecule has 0 spiro atoms. The molecule has 150 valence electrons. The van der Waals surface area contributed by atoms with Crippen molar-refractivity contribution >= 4 is 11.5 Å². The summed E-state index contributed by atoms with van der Waals surface area (Å²) in [4.78, 5) is 11.9. The number of ether oxygens (including phenoxy) is 1. The highest BCUT2D eigenvalue weighted by Crippen LogP contribution is 2.33. The molecule has 2 rings (SSSR count). The van der Waals surface area contributed by atoms with Gasteiger partial charge < -0.3 is 4.74 Å². The molecule has 0 aliphatic heterocycles. The summed E-state index contributed by atoms with van der Waals surface area (Å²) in [5, 5.41) is 0. The number of hydrogen-bond acceptors (Lipinski definition) is 2. The quantitative estimate of drug-likeness (QED) is 0.214. The van der Waals surface area contributed by atoms with Crippen LogP contribution in [0.25, 0.3) is 5.57 Å². The number of benzene rings is 1. The molecule has 0 amide bonds. The molecule has 0 heterocycles. The number of carbonyl (C=O) groups excluding carboxylic acids is 1. The minimum Gasteiger partial charge on any atom is -0.427 e. The van der Waals surface area contributed by atoms with Gasteiger partial charge in [0.25, 0.3) is 0 Å². The second-order valence-electron chi connectivity index (χ2n) is 8.03. The van der Waals surface area contributed by atoms with Crippen LogP contribution in [0.4, 0.5) is 0 Å². The van der Waals surface area contributed by atoms with Gasteiger partial charge in [0.2, 0.25) is 0 Å². The van der Waals surface area contributed by atoms with E-state index in [1.807, 2.05) is 12.1 Å². The van der Waals surface area contributed by atoms with Crippen molar-refractivity contribution in [3.05, 3.63) is 35.9 Å². The number of hydrogen-bond donors (Lipinski definition) is 0. The van der Waals surface area contributed by atoms with Gasteiger partial charge in [0.1, 0.15) is 5.75 Å². The molecule has 1 aliphatic rings. The van der Waals surface area contributed by atoms with E-state index in [9.17, 15) is 4.79 Å². The molecule has 0 aromatic heterocycles. The van der Waals surface area contributed by atoms with Gasteiger partial charge in [-0.25, -0.2) is 0 Å². The highest BCUT2D eigenvalue weighted by atomic mass is 16.5. The molecule has 1 atom stereocenters. The van der Waals surface area contributed by atoms with E-state index in [0.717, 1.165) is 18.8 Å². The summed E-state index contributed by atoms with van der Waals surface area (Å²) in [7, 11) is 0. The Bertz CT molecular complexity index is 570. The second kappa shape index (κ2) is 12.8. The molecule has 27 heavy (non-hydrogen) atoms. The predicted molar refractivity (Wildman–Crippen MR) is 115 cm³/mol. The molecule has 0 fully saturated rings. The molecule has 1 unspecified atom stereocenters. The predicted octanol–water partition coefficient (Wildman–Crippen LogP) is 7.72. The fraction of sp³-hybridized carbons (Fsp3) is 0.640. The Labute approximate surface area is 166 Å². The van der Waals surface area contributed by atoms with E-state index in [1.165, 1.54) is 75.3 Å². The zero-order chi connectivity index (χ0) is 19.3. The number of unbranched alkanes of at least 4 members (excludes halogenated alkanes) is 6. The molecule has 2 nitrogen and oxygen atoms in total. The Kier molecular flexibility index (Phi) is 10.3. The standard InChI is InChI=1S/C25H38O2/c1-3-5-7-9-11-21-13-15-22(16-14-21)23-17-19-24(20-18-23)27-25(26)12-10-8-6-4-2/h15,17-21H,3-14,16H2,1-2H3. The first-order chi connectivity index (χ1) is 13.2. The van der Waals surface area contributed by atoms with Crippen LogP contribution < -0.4 is 4.74 Å². The van der Waals surface area contributed by atoms with Gasteiger partial charge in [-0.3, -0.25) is 4.79 Å². The molecule has 2 heteroatoms. The third-order valence-electron chi connectivity index (χ3n) is 5.68. The molecule has 0 saturated carbocycles. The summed E-state index contributed by atoms with van der Waals surface area (Å²) < 4.78 is 5.46. The smallest absolute Gasteiger partial charge is 0.311 e. The van der Waals surface area contributed by atoms with Crippen molar-refractivity contribution in [1.82, 2.24) is 0 Å². The zero-order valence-corrected chi connectivity index (χ0v) is 17.5. The van der Waals surface area contributed by atoms with Crippen LogP contribution in [-0.4, -0.2) is 5.97 Å². The van der Waals surface area contributed by atoms with Crippen LogP contribution in [0.3, 0.4) is 0 Å². The van der Waals surface area contributed by atoms with Gasteiger partial charge in [0.15, 0.2) is 0 Å². The van der Waals surface area contributed by atoms with Crippen molar-refractivity contribution in [2.45, 2.75) is 97.3 Å². The third kappa shape index (κ3) is 8.32. The lowest BCUT2D eigenvalue weighted by Gasteiger charge is -2.22. The molecule has 0 radical (unpaired) electrons. The van der Waals surface area contributed by atoms with E-state index in [4.69, 9.17) is 4.74 Å². The molecule has 0 N–H and O–H groups in total. The zero-order valence-electron chi connectivity index (χ0n) is 17.5. The van der Waals surface area contributed by atoms with E-state index < -0.39 is 0 Å². The summed E-state index contributed by atoms with van der Waals surface area (Å²) >= 11 is 0. The van der Waals surface area contributed by atoms with Gasteiger partial charge in [-0.15, -0.1) is 0 Å². The molecular formula is C25H38O2. The van der Waals surface area contributed by atoms with Gasteiger partial charge in [0.05, 0.1) is 0 Å². The van der Waals surface area contributed by atoms with E-state index in [0.29, 0.717) is 12.2 Å². The fourth-order valence-electron chi connectivity index (χ4n) is 3.89. The van der Waals surface area contributed by atoms with Crippen LogP contribution >= 0.6 is 0 Å². The van der Waals surface area contributed by atoms with Gasteiger partial charge in [-0.05, 0) is 54.9 Å². The molecule has 0 saturated heterocycles. The first-order valence-electron chi connectivity index (χ1n) is 11.2. The second-order valence-corrected chi connectivity index (χ2v) is 8.03. The largest absolute Gasteiger partial charge is 0.427 e. The SMILES string of the molecule is CCCCCCC(=O)Oc1ccc(C2=CCC(CCCCCC)CC2)cc1. The Morgan fingerprint density at radius 1 is 0.963 bits per heavy atom. The van der Waals surface area contributed by atoms with Gasteiger partial charge in [-0.1, -0.05) is 83.4 Å². The van der Waals surface area contributed by atoms with Crippen molar-refractivity contribution in [3.8, 4) is 5.75 Å². The molecule has 1 aliphatic carbocycles. The summed E-state index contributed by atoms with van der Waals surface area (Å²) in [6, 6.07) is 8.09. The van der Waals surface area contributed by atoms with Crippen LogP contribution in [0.5, 0.6) is 5.75 Å². The van der Waals surface area contributed by atoms with Crippen molar-refractivity contribution in [2.24, 2.45) is 5.92 Å². The highest BCUT2D eigenvalue weighted by molar-refractivity contribution is 5.73.